The van der Waals surface area contributed by atoms with Gasteiger partial charge in [-0.2, -0.15) is 5.10 Å². The average Bonchev–Trinajstić information content (AvgIpc) is 3.37. The normalized spacial score (nSPS) is 11.9. The first kappa shape index (κ1) is 17.4. The topological polar surface area (TPSA) is 30.7 Å². The van der Waals surface area contributed by atoms with E-state index in [-0.39, 0.29) is 0 Å². The van der Waals surface area contributed by atoms with Crippen LogP contribution in [0.1, 0.15) is 5.56 Å². The summed E-state index contributed by atoms with van der Waals surface area (Å²) in [7, 11) is 0. The molecule has 3 nitrogen and oxygen atoms in total. The van der Waals surface area contributed by atoms with Gasteiger partial charge in [-0.05, 0) is 47.4 Å². The SMILES string of the molecule is Cc1cc2c3c(c4c(-c5ccccc5)nn(-c5ccccc5)c4nc3c1)-c1ccccc1-2. The van der Waals surface area contributed by atoms with Gasteiger partial charge in [0.05, 0.1) is 16.6 Å². The third-order valence-corrected chi connectivity index (χ3v) is 6.38. The third-order valence-electron chi connectivity index (χ3n) is 6.38. The van der Waals surface area contributed by atoms with E-state index < -0.39 is 0 Å². The molecule has 7 rings (SSSR count). The molecule has 6 aromatic rings. The molecule has 0 saturated heterocycles. The second-order valence-electron chi connectivity index (χ2n) is 8.40. The van der Waals surface area contributed by atoms with Crippen molar-refractivity contribution in [3.05, 3.63) is 103 Å². The molecule has 4 aromatic carbocycles. The Morgan fingerprint density at radius 2 is 1.34 bits per heavy atom. The van der Waals surface area contributed by atoms with Crippen LogP contribution in [-0.4, -0.2) is 14.8 Å². The van der Waals surface area contributed by atoms with Crippen LogP contribution < -0.4 is 0 Å². The van der Waals surface area contributed by atoms with E-state index in [0.717, 1.165) is 33.5 Å². The lowest BCUT2D eigenvalue weighted by Gasteiger charge is -2.08. The Balaban J connectivity index is 1.73. The fourth-order valence-electron chi connectivity index (χ4n) is 5.06. The summed E-state index contributed by atoms with van der Waals surface area (Å²) in [5, 5.41) is 7.48. The summed E-state index contributed by atoms with van der Waals surface area (Å²) in [5.41, 5.74) is 11.3. The number of benzene rings is 4. The number of nitrogens with zero attached hydrogens (tertiary/aromatic N) is 3. The molecule has 0 radical (unpaired) electrons. The zero-order valence-corrected chi connectivity index (χ0v) is 17.6. The van der Waals surface area contributed by atoms with E-state index in [1.165, 1.54) is 33.2 Å². The predicted octanol–water partition coefficient (Wildman–Crippen LogP) is 7.20. The molecule has 0 N–H and O–H groups in total. The fourth-order valence-corrected chi connectivity index (χ4v) is 5.06. The number of pyridine rings is 1. The number of hydrogen-bond acceptors (Lipinski definition) is 2. The lowest BCUT2D eigenvalue weighted by Crippen LogP contribution is -1.98. The summed E-state index contributed by atoms with van der Waals surface area (Å²) in [6, 6.07) is 33.9. The standard InChI is InChI=1S/C29H19N3/c1-18-16-23-21-14-8-9-15-22(21)26-25(23)24(17-18)30-29-27(26)28(19-10-4-2-5-11-19)31-32(29)20-12-6-3-7-13-20/h2-17H,1H3. The second kappa shape index (κ2) is 6.38. The van der Waals surface area contributed by atoms with E-state index in [2.05, 4.69) is 79.7 Å². The number of fused-ring (bicyclic) bond motifs is 5. The molecule has 0 spiro atoms. The minimum Gasteiger partial charge on any atom is -0.228 e. The summed E-state index contributed by atoms with van der Waals surface area (Å²) in [4.78, 5) is 5.21. The summed E-state index contributed by atoms with van der Waals surface area (Å²) in [5.74, 6) is 0. The molecular formula is C29H19N3. The van der Waals surface area contributed by atoms with Crippen molar-refractivity contribution in [1.29, 1.82) is 0 Å². The van der Waals surface area contributed by atoms with Gasteiger partial charge in [0.2, 0.25) is 0 Å². The predicted molar refractivity (Wildman–Crippen MR) is 131 cm³/mol. The molecule has 0 fully saturated rings. The largest absolute Gasteiger partial charge is 0.228 e. The van der Waals surface area contributed by atoms with Crippen molar-refractivity contribution < 1.29 is 0 Å². The van der Waals surface area contributed by atoms with Gasteiger partial charge in [0.15, 0.2) is 5.65 Å². The highest BCUT2D eigenvalue weighted by Crippen LogP contribution is 2.51. The van der Waals surface area contributed by atoms with Crippen LogP contribution in [0.4, 0.5) is 0 Å². The fraction of sp³-hybridized carbons (Fsp3) is 0.0345. The van der Waals surface area contributed by atoms with Crippen molar-refractivity contribution in [2.24, 2.45) is 0 Å². The van der Waals surface area contributed by atoms with Crippen LogP contribution in [-0.2, 0) is 0 Å². The Bertz CT molecular complexity index is 1660. The Morgan fingerprint density at radius 3 is 2.12 bits per heavy atom. The Morgan fingerprint density at radius 1 is 0.656 bits per heavy atom. The molecule has 0 saturated carbocycles. The highest BCUT2D eigenvalue weighted by atomic mass is 15.3. The summed E-state index contributed by atoms with van der Waals surface area (Å²) in [6.07, 6.45) is 0. The molecule has 1 aliphatic carbocycles. The summed E-state index contributed by atoms with van der Waals surface area (Å²) >= 11 is 0. The van der Waals surface area contributed by atoms with Crippen LogP contribution in [0, 0.1) is 6.92 Å². The van der Waals surface area contributed by atoms with Gasteiger partial charge in [0.1, 0.15) is 5.69 Å². The van der Waals surface area contributed by atoms with Gasteiger partial charge in [0.25, 0.3) is 0 Å². The summed E-state index contributed by atoms with van der Waals surface area (Å²) in [6.45, 7) is 2.15. The van der Waals surface area contributed by atoms with Crippen LogP contribution in [0.2, 0.25) is 0 Å². The van der Waals surface area contributed by atoms with Crippen molar-refractivity contribution in [1.82, 2.24) is 14.8 Å². The van der Waals surface area contributed by atoms with Gasteiger partial charge in [-0.15, -0.1) is 0 Å². The van der Waals surface area contributed by atoms with Gasteiger partial charge in [-0.3, -0.25) is 0 Å². The van der Waals surface area contributed by atoms with Crippen LogP contribution in [0.3, 0.4) is 0 Å². The van der Waals surface area contributed by atoms with Gasteiger partial charge in [-0.1, -0.05) is 78.9 Å². The first-order chi connectivity index (χ1) is 15.8. The minimum absolute atomic E-state index is 0.894. The van der Waals surface area contributed by atoms with Crippen LogP contribution in [0.15, 0.2) is 97.1 Å². The minimum atomic E-state index is 0.894. The van der Waals surface area contributed by atoms with Crippen molar-refractivity contribution >= 4 is 21.9 Å². The summed E-state index contributed by atoms with van der Waals surface area (Å²) < 4.78 is 2.00. The lowest BCUT2D eigenvalue weighted by molar-refractivity contribution is 0.903. The first-order valence-corrected chi connectivity index (χ1v) is 10.9. The molecule has 32 heavy (non-hydrogen) atoms. The third kappa shape index (κ3) is 2.31. The zero-order valence-electron chi connectivity index (χ0n) is 17.6. The second-order valence-corrected chi connectivity index (χ2v) is 8.40. The van der Waals surface area contributed by atoms with Crippen LogP contribution >= 0.6 is 0 Å². The van der Waals surface area contributed by atoms with Crippen LogP contribution in [0.5, 0.6) is 0 Å². The van der Waals surface area contributed by atoms with Gasteiger partial charge in [0, 0.05) is 16.5 Å². The van der Waals surface area contributed by atoms with Gasteiger partial charge >= 0.3 is 0 Å². The molecule has 150 valence electrons. The highest BCUT2D eigenvalue weighted by Gasteiger charge is 2.29. The lowest BCUT2D eigenvalue weighted by atomic mass is 9.99. The monoisotopic (exact) mass is 409 g/mol. The quantitative estimate of drug-likeness (QED) is 0.302. The first-order valence-electron chi connectivity index (χ1n) is 10.9. The molecule has 3 heteroatoms. The van der Waals surface area contributed by atoms with Crippen molar-refractivity contribution in [2.75, 3.05) is 0 Å². The van der Waals surface area contributed by atoms with E-state index in [4.69, 9.17) is 10.1 Å². The van der Waals surface area contributed by atoms with Gasteiger partial charge < -0.3 is 0 Å². The molecule has 1 aliphatic rings. The maximum Gasteiger partial charge on any atom is 0.164 e. The Kier molecular flexibility index (Phi) is 3.48. The number of para-hydroxylation sites is 1. The highest BCUT2D eigenvalue weighted by molar-refractivity contribution is 6.24. The van der Waals surface area contributed by atoms with Crippen LogP contribution in [0.25, 0.3) is 61.1 Å². The van der Waals surface area contributed by atoms with Gasteiger partial charge in [-0.25, -0.2) is 9.67 Å². The number of aryl methyl sites for hydroxylation is 1. The molecule has 0 unspecified atom stereocenters. The molecule has 2 aromatic heterocycles. The molecule has 2 heterocycles. The molecule has 0 aliphatic heterocycles. The van der Waals surface area contributed by atoms with E-state index >= 15 is 0 Å². The Hall–Kier alpha value is -4.24. The number of hydrogen-bond donors (Lipinski definition) is 0. The molecule has 0 bridgehead atoms. The molecule has 0 atom stereocenters. The zero-order chi connectivity index (χ0) is 21.2. The molecular weight excluding hydrogens is 390 g/mol. The van der Waals surface area contributed by atoms with E-state index in [9.17, 15) is 0 Å². The average molecular weight is 409 g/mol. The van der Waals surface area contributed by atoms with E-state index in [1.54, 1.807) is 0 Å². The number of aromatic nitrogens is 3. The maximum absolute atomic E-state index is 5.21. The van der Waals surface area contributed by atoms with Crippen molar-refractivity contribution in [3.63, 3.8) is 0 Å². The number of rotatable bonds is 2. The van der Waals surface area contributed by atoms with Crippen molar-refractivity contribution in [2.45, 2.75) is 6.92 Å². The van der Waals surface area contributed by atoms with Crippen molar-refractivity contribution in [3.8, 4) is 39.2 Å². The Labute approximate surface area is 185 Å². The van der Waals surface area contributed by atoms with E-state index in [0.29, 0.717) is 0 Å². The van der Waals surface area contributed by atoms with E-state index in [1.807, 2.05) is 28.9 Å². The maximum atomic E-state index is 5.21. The molecule has 0 amide bonds. The smallest absolute Gasteiger partial charge is 0.164 e.